The van der Waals surface area contributed by atoms with E-state index in [4.69, 9.17) is 0 Å². The van der Waals surface area contributed by atoms with E-state index in [2.05, 4.69) is 91.8 Å². The Morgan fingerprint density at radius 1 is 0.515 bits per heavy atom. The number of nitrogens with zero attached hydrogens (tertiary/aromatic N) is 4. The van der Waals surface area contributed by atoms with E-state index in [1.165, 1.54) is 16.5 Å². The van der Waals surface area contributed by atoms with Crippen molar-refractivity contribution in [3.8, 4) is 0 Å². The minimum absolute atomic E-state index is 0. The Kier molecular flexibility index (Phi) is 6.78. The summed E-state index contributed by atoms with van der Waals surface area (Å²) in [7, 11) is 0. The average molecular weight is 439 g/mol. The SMILES string of the molecule is C.CC(C)(C)c1ccnc2c1ccc1cccnc12.CC(C)(C)c1ccnc2cccnc12. The normalized spacial score (nSPS) is 11.7. The third kappa shape index (κ3) is 5.00. The molecular formula is C29H34N4. The minimum Gasteiger partial charge on any atom is -0.255 e. The molecule has 4 aromatic heterocycles. The molecule has 4 heterocycles. The second-order valence-electron chi connectivity index (χ2n) is 10.1. The second-order valence-corrected chi connectivity index (χ2v) is 10.1. The highest BCUT2D eigenvalue weighted by atomic mass is 14.7. The summed E-state index contributed by atoms with van der Waals surface area (Å²) in [6.45, 7) is 13.3. The van der Waals surface area contributed by atoms with Gasteiger partial charge in [-0.15, -0.1) is 0 Å². The van der Waals surface area contributed by atoms with Crippen molar-refractivity contribution in [3.05, 3.63) is 84.4 Å². The Hall–Kier alpha value is -3.40. The van der Waals surface area contributed by atoms with Crippen LogP contribution in [0.4, 0.5) is 0 Å². The Labute approximate surface area is 197 Å². The summed E-state index contributed by atoms with van der Waals surface area (Å²) in [5.41, 5.74) is 6.78. The smallest absolute Gasteiger partial charge is 0.0967 e. The molecule has 0 spiro atoms. The molecule has 0 aliphatic rings. The van der Waals surface area contributed by atoms with Gasteiger partial charge in [-0.25, -0.2) is 0 Å². The summed E-state index contributed by atoms with van der Waals surface area (Å²) in [4.78, 5) is 17.7. The second kappa shape index (κ2) is 9.22. The molecule has 0 aliphatic heterocycles. The van der Waals surface area contributed by atoms with E-state index >= 15 is 0 Å². The van der Waals surface area contributed by atoms with E-state index in [0.29, 0.717) is 0 Å². The molecule has 0 aliphatic carbocycles. The summed E-state index contributed by atoms with van der Waals surface area (Å²) in [6.07, 6.45) is 7.38. The first-order valence-corrected chi connectivity index (χ1v) is 11.0. The maximum absolute atomic E-state index is 4.52. The van der Waals surface area contributed by atoms with E-state index < -0.39 is 0 Å². The van der Waals surface area contributed by atoms with Gasteiger partial charge in [-0.05, 0) is 52.3 Å². The van der Waals surface area contributed by atoms with E-state index in [-0.39, 0.29) is 18.3 Å². The summed E-state index contributed by atoms with van der Waals surface area (Å²) in [5, 5.41) is 2.35. The van der Waals surface area contributed by atoms with Gasteiger partial charge >= 0.3 is 0 Å². The Bertz CT molecular complexity index is 1390. The van der Waals surface area contributed by atoms with Crippen LogP contribution in [0.25, 0.3) is 32.8 Å². The van der Waals surface area contributed by atoms with E-state index in [1.807, 2.05) is 43.0 Å². The van der Waals surface area contributed by atoms with Crippen molar-refractivity contribution in [2.75, 3.05) is 0 Å². The molecular weight excluding hydrogens is 404 g/mol. The van der Waals surface area contributed by atoms with E-state index in [9.17, 15) is 0 Å². The van der Waals surface area contributed by atoms with E-state index in [0.717, 1.165) is 27.5 Å². The summed E-state index contributed by atoms with van der Waals surface area (Å²) in [5.74, 6) is 0. The predicted octanol–water partition coefficient (Wildman–Crippen LogP) is 7.64. The predicted molar refractivity (Wildman–Crippen MR) is 141 cm³/mol. The van der Waals surface area contributed by atoms with Crippen LogP contribution in [-0.4, -0.2) is 19.9 Å². The van der Waals surface area contributed by atoms with Crippen molar-refractivity contribution in [3.63, 3.8) is 0 Å². The van der Waals surface area contributed by atoms with Crippen LogP contribution in [0.1, 0.15) is 60.1 Å². The first-order valence-electron chi connectivity index (χ1n) is 11.0. The monoisotopic (exact) mass is 438 g/mol. The van der Waals surface area contributed by atoms with Gasteiger partial charge in [-0.2, -0.15) is 0 Å². The number of aromatic nitrogens is 4. The van der Waals surface area contributed by atoms with Gasteiger partial charge in [0.1, 0.15) is 0 Å². The van der Waals surface area contributed by atoms with Crippen molar-refractivity contribution in [2.24, 2.45) is 0 Å². The van der Waals surface area contributed by atoms with Crippen LogP contribution < -0.4 is 0 Å². The van der Waals surface area contributed by atoms with Crippen molar-refractivity contribution >= 4 is 32.8 Å². The molecule has 33 heavy (non-hydrogen) atoms. The van der Waals surface area contributed by atoms with Crippen molar-refractivity contribution in [1.82, 2.24) is 19.9 Å². The van der Waals surface area contributed by atoms with Crippen LogP contribution in [0.5, 0.6) is 0 Å². The van der Waals surface area contributed by atoms with Gasteiger partial charge in [0.05, 0.1) is 22.1 Å². The molecule has 0 fully saturated rings. The molecule has 0 amide bonds. The molecule has 170 valence electrons. The van der Waals surface area contributed by atoms with Gasteiger partial charge in [-0.3, -0.25) is 19.9 Å². The highest BCUT2D eigenvalue weighted by Crippen LogP contribution is 2.31. The van der Waals surface area contributed by atoms with Crippen LogP contribution in [-0.2, 0) is 10.8 Å². The standard InChI is InChI=1S/C16H16N2.C12H14N2.CH4/c1-16(2,3)13-8-10-18-15-12(13)7-6-11-5-4-9-17-14(11)15;1-12(2,3)9-6-8-13-10-5-4-7-14-11(9)10;/h4-10H,1-3H3;4-8H,1-3H3;1H4. The quantitative estimate of drug-likeness (QED) is 0.233. The zero-order valence-electron chi connectivity index (χ0n) is 19.7. The molecule has 0 bridgehead atoms. The van der Waals surface area contributed by atoms with Crippen LogP contribution in [0.15, 0.2) is 73.3 Å². The summed E-state index contributed by atoms with van der Waals surface area (Å²) >= 11 is 0. The molecule has 4 nitrogen and oxygen atoms in total. The maximum atomic E-state index is 4.52. The first kappa shape index (κ1) is 24.2. The van der Waals surface area contributed by atoms with Gasteiger partial charge in [0.2, 0.25) is 0 Å². The summed E-state index contributed by atoms with van der Waals surface area (Å²) in [6, 6.07) is 16.4. The molecule has 0 unspecified atom stereocenters. The van der Waals surface area contributed by atoms with Crippen molar-refractivity contribution in [2.45, 2.75) is 59.8 Å². The Balaban J connectivity index is 0.000000186. The van der Waals surface area contributed by atoms with Crippen LogP contribution in [0.3, 0.4) is 0 Å². The molecule has 0 radical (unpaired) electrons. The molecule has 0 saturated heterocycles. The number of rotatable bonds is 0. The van der Waals surface area contributed by atoms with Gasteiger partial charge in [0.15, 0.2) is 0 Å². The third-order valence-corrected chi connectivity index (χ3v) is 5.60. The molecule has 0 atom stereocenters. The minimum atomic E-state index is 0. The lowest BCUT2D eigenvalue weighted by Crippen LogP contribution is -2.12. The number of pyridine rings is 4. The first-order chi connectivity index (χ1) is 15.2. The zero-order valence-corrected chi connectivity index (χ0v) is 19.7. The maximum Gasteiger partial charge on any atom is 0.0967 e. The molecule has 5 rings (SSSR count). The van der Waals surface area contributed by atoms with Crippen molar-refractivity contribution in [1.29, 1.82) is 0 Å². The average Bonchev–Trinajstić information content (AvgIpc) is 2.77. The fourth-order valence-corrected chi connectivity index (χ4v) is 3.99. The lowest BCUT2D eigenvalue weighted by Gasteiger charge is -2.21. The Morgan fingerprint density at radius 2 is 1.09 bits per heavy atom. The number of hydrogen-bond donors (Lipinski definition) is 0. The van der Waals surface area contributed by atoms with Crippen LogP contribution in [0, 0.1) is 0 Å². The molecule has 4 heteroatoms. The molecule has 1 aromatic carbocycles. The highest BCUT2D eigenvalue weighted by Gasteiger charge is 2.18. The van der Waals surface area contributed by atoms with E-state index in [1.54, 1.807) is 0 Å². The fraction of sp³-hybridized carbons (Fsp3) is 0.310. The third-order valence-electron chi connectivity index (χ3n) is 5.60. The number of hydrogen-bond acceptors (Lipinski definition) is 4. The lowest BCUT2D eigenvalue weighted by atomic mass is 9.85. The van der Waals surface area contributed by atoms with Crippen LogP contribution in [0.2, 0.25) is 0 Å². The number of benzene rings is 1. The lowest BCUT2D eigenvalue weighted by molar-refractivity contribution is 0.594. The van der Waals surface area contributed by atoms with Crippen molar-refractivity contribution < 1.29 is 0 Å². The zero-order chi connectivity index (χ0) is 22.9. The topological polar surface area (TPSA) is 51.6 Å². The Morgan fingerprint density at radius 3 is 1.79 bits per heavy atom. The van der Waals surface area contributed by atoms with Gasteiger partial charge in [-0.1, -0.05) is 67.2 Å². The molecule has 5 aromatic rings. The molecule has 0 saturated carbocycles. The number of fused-ring (bicyclic) bond motifs is 4. The van der Waals surface area contributed by atoms with Gasteiger partial charge in [0.25, 0.3) is 0 Å². The molecule has 0 N–H and O–H groups in total. The van der Waals surface area contributed by atoms with Gasteiger partial charge in [0, 0.05) is 35.6 Å². The van der Waals surface area contributed by atoms with Gasteiger partial charge < -0.3 is 0 Å². The highest BCUT2D eigenvalue weighted by molar-refractivity contribution is 6.03. The fourth-order valence-electron chi connectivity index (χ4n) is 3.99. The largest absolute Gasteiger partial charge is 0.255 e. The van der Waals surface area contributed by atoms with Crippen LogP contribution >= 0.6 is 0 Å². The summed E-state index contributed by atoms with van der Waals surface area (Å²) < 4.78 is 0.